The zero-order chi connectivity index (χ0) is 22.5. The Morgan fingerprint density at radius 3 is 0.385 bits per heavy atom. The molecule has 0 fully saturated rings. The fourth-order valence-electron chi connectivity index (χ4n) is 0. The summed E-state index contributed by atoms with van der Waals surface area (Å²) >= 11 is 17.8. The monoisotopic (exact) mass is 592 g/mol. The summed E-state index contributed by atoms with van der Waals surface area (Å²) in [6.45, 7) is -19.5. The van der Waals surface area contributed by atoms with Gasteiger partial charge in [-0.2, -0.15) is 0 Å². The van der Waals surface area contributed by atoms with Crippen molar-refractivity contribution in [1.29, 1.82) is 0 Å². The van der Waals surface area contributed by atoms with Crippen LogP contribution < -0.4 is 9.79 Å². The molecular weight excluding hydrogens is 579 g/mol. The fraction of sp³-hybridized carbons (Fsp3) is 0. The van der Waals surface area contributed by atoms with Crippen LogP contribution in [-0.2, 0) is 59.0 Å². The van der Waals surface area contributed by atoms with E-state index in [2.05, 4.69) is 59.0 Å². The van der Waals surface area contributed by atoms with Gasteiger partial charge in [0, 0.05) is 0 Å². The van der Waals surface area contributed by atoms with Gasteiger partial charge in [0.2, 0.25) is 0 Å². The van der Waals surface area contributed by atoms with Crippen LogP contribution in [0.3, 0.4) is 0 Å². The average Bonchev–Trinajstić information content (AvgIpc) is 1.79. The summed E-state index contributed by atoms with van der Waals surface area (Å²) < 4.78 is 0. The molecule has 26 heavy (non-hydrogen) atoms. The summed E-state index contributed by atoms with van der Waals surface area (Å²) in [4.78, 5) is 116. The molecule has 0 aliphatic heterocycles. The Morgan fingerprint density at radius 2 is 0.385 bits per heavy atom. The first kappa shape index (κ1) is 43.3. The molecule has 0 amide bonds. The van der Waals surface area contributed by atoms with Crippen LogP contribution in [0.2, 0.25) is 0 Å². The largest absolute Gasteiger partial charge is 2.00 e. The van der Waals surface area contributed by atoms with Crippen molar-refractivity contribution in [1.82, 2.24) is 0 Å². The second-order valence-corrected chi connectivity index (χ2v) is 14.8. The van der Waals surface area contributed by atoms with Gasteiger partial charge in [0.15, 0.2) is 0 Å². The number of hydrogen-bond donors (Lipinski definition) is 13. The second kappa shape index (κ2) is 19.1. The third kappa shape index (κ3) is 1640. The first-order chi connectivity index (χ1) is 10.0. The van der Waals surface area contributed by atoms with Crippen LogP contribution in [0.15, 0.2) is 0 Å². The Hall–Kier alpha value is 3.42. The van der Waals surface area contributed by atoms with Crippen LogP contribution in [0.1, 0.15) is 0 Å². The zero-order valence-corrected chi connectivity index (χ0v) is 21.6. The van der Waals surface area contributed by atoms with Crippen molar-refractivity contribution < 1.29 is 73.4 Å². The molecule has 0 aromatic heterocycles. The second-order valence-electron chi connectivity index (χ2n) is 2.52. The molecule has 13 N–H and O–H groups in total. The Labute approximate surface area is 187 Å². The minimum absolute atomic E-state index is 0. The van der Waals surface area contributed by atoms with Gasteiger partial charge in [-0.05, 0) is 47.2 Å². The van der Waals surface area contributed by atoms with Crippen molar-refractivity contribution >= 4 is 116 Å². The Balaban J connectivity index is -0.0000000476. The maximum Gasteiger partial charge on any atom is 2.00 e. The first-order valence-corrected chi connectivity index (χ1v) is 17.1. The molecule has 0 aromatic rings. The van der Waals surface area contributed by atoms with Crippen molar-refractivity contribution in [2.24, 2.45) is 0 Å². The van der Waals surface area contributed by atoms with Crippen molar-refractivity contribution in [3.63, 3.8) is 0 Å². The quantitative estimate of drug-likeness (QED) is 0.0920. The van der Waals surface area contributed by atoms with Crippen molar-refractivity contribution in [2.75, 3.05) is 0 Å². The fourth-order valence-corrected chi connectivity index (χ4v) is 0. The van der Waals surface area contributed by atoms with E-state index in [-0.39, 0.29) is 23.1 Å². The summed E-state index contributed by atoms with van der Waals surface area (Å²) in [5.74, 6) is 0. The van der Waals surface area contributed by atoms with Gasteiger partial charge in [-0.25, -0.2) is 0 Å². The van der Waals surface area contributed by atoms with Crippen molar-refractivity contribution in [3.05, 3.63) is 0 Å². The van der Waals surface area contributed by atoms with E-state index in [1.807, 2.05) is 0 Å². The Bertz CT molecular complexity index is 387. The van der Waals surface area contributed by atoms with Gasteiger partial charge in [-0.3, -0.25) is 0 Å². The standard InChI is InChI=1S/Mg.5H3O3PS/c;5*1-4(2,3)5/h;5*(H3,1,2,3,5)/q+2;;;;;/p-2. The van der Waals surface area contributed by atoms with E-state index in [1.54, 1.807) is 0 Å². The molecule has 26 heteroatoms. The van der Waals surface area contributed by atoms with E-state index >= 15 is 0 Å². The molecule has 0 aliphatic carbocycles. The van der Waals surface area contributed by atoms with E-state index in [4.69, 9.17) is 73.4 Å². The van der Waals surface area contributed by atoms with E-state index in [0.29, 0.717) is 0 Å². The molecular formula is H13MgO15P5S5. The summed E-state index contributed by atoms with van der Waals surface area (Å²) in [7, 11) is 0. The minimum Gasteiger partial charge on any atom is -0.812 e. The van der Waals surface area contributed by atoms with Crippen molar-refractivity contribution in [3.8, 4) is 0 Å². The van der Waals surface area contributed by atoms with Crippen LogP contribution in [0.5, 0.6) is 0 Å². The normalized spacial score (nSPS) is 11.3. The molecule has 0 aromatic carbocycles. The topological polar surface area (TPSA) is 309 Å². The van der Waals surface area contributed by atoms with E-state index in [9.17, 15) is 0 Å². The number of rotatable bonds is 0. The summed E-state index contributed by atoms with van der Waals surface area (Å²) in [6.07, 6.45) is 0. The predicted molar refractivity (Wildman–Crippen MR) is 106 cm³/mol. The van der Waals surface area contributed by atoms with Crippen LogP contribution in [0.25, 0.3) is 0 Å². The van der Waals surface area contributed by atoms with E-state index in [1.165, 1.54) is 0 Å². The van der Waals surface area contributed by atoms with Crippen molar-refractivity contribution in [2.45, 2.75) is 0 Å². The van der Waals surface area contributed by atoms with Gasteiger partial charge in [0.05, 0.1) is 0 Å². The molecule has 0 unspecified atom stereocenters. The SMILES string of the molecule is OP(O)(O)=S.OP(O)(O)=S.OP(O)(O)=S.OP(O)(O)=S.[Mg+2].[O-]P([O-])(O)=S. The molecule has 0 rings (SSSR count). The maximum atomic E-state index is 9.03. The number of hydrogen-bond acceptors (Lipinski definition) is 7. The van der Waals surface area contributed by atoms with E-state index < -0.39 is 33.6 Å². The molecule has 0 radical (unpaired) electrons. The third-order valence-electron chi connectivity index (χ3n) is 0. The molecule has 0 spiro atoms. The average molecular weight is 593 g/mol. The van der Waals surface area contributed by atoms with Gasteiger partial charge >= 0.3 is 49.9 Å². The summed E-state index contributed by atoms with van der Waals surface area (Å²) in [5, 5.41) is 0. The molecule has 15 nitrogen and oxygen atoms in total. The summed E-state index contributed by atoms with van der Waals surface area (Å²) in [5.41, 5.74) is 0. The molecule has 0 saturated carbocycles. The van der Waals surface area contributed by atoms with Crippen LogP contribution in [0.4, 0.5) is 0 Å². The van der Waals surface area contributed by atoms with Gasteiger partial charge in [0.25, 0.3) is 0 Å². The predicted octanol–water partition coefficient (Wildman–Crippen LogP) is -5.71. The smallest absolute Gasteiger partial charge is 0.812 e. The molecule has 0 bridgehead atoms. The first-order valence-electron chi connectivity index (χ1n) is 3.88. The third-order valence-corrected chi connectivity index (χ3v) is 0. The minimum atomic E-state index is -4.31. The van der Waals surface area contributed by atoms with Crippen LogP contribution in [-0.4, -0.2) is 86.7 Å². The molecule has 0 heterocycles. The molecule has 0 saturated heterocycles. The summed E-state index contributed by atoms with van der Waals surface area (Å²) in [6, 6.07) is 0. The Morgan fingerprint density at radius 1 is 0.385 bits per heavy atom. The molecule has 160 valence electrons. The van der Waals surface area contributed by atoms with E-state index in [0.717, 1.165) is 0 Å². The van der Waals surface area contributed by atoms with Gasteiger partial charge in [-0.15, -0.1) is 11.8 Å². The Kier molecular flexibility index (Phi) is 31.9. The van der Waals surface area contributed by atoms with Gasteiger partial charge in [0.1, 0.15) is 0 Å². The van der Waals surface area contributed by atoms with Crippen LogP contribution >= 0.6 is 33.6 Å². The zero-order valence-electron chi connectivity index (χ0n) is 11.6. The molecule has 0 aliphatic rings. The maximum absolute atomic E-state index is 9.03. The van der Waals surface area contributed by atoms with Gasteiger partial charge < -0.3 is 73.4 Å². The molecule has 0 atom stereocenters. The van der Waals surface area contributed by atoms with Gasteiger partial charge in [-0.1, -0.05) is 6.72 Å². The van der Waals surface area contributed by atoms with Crippen LogP contribution in [0, 0.1) is 0 Å².